The minimum atomic E-state index is -3.91. The minimum absolute atomic E-state index is 0.286. The van der Waals surface area contributed by atoms with E-state index in [1.54, 1.807) is 20.4 Å². The van der Waals surface area contributed by atoms with Crippen molar-refractivity contribution in [2.24, 2.45) is 0 Å². The second kappa shape index (κ2) is 9.90. The first-order valence-corrected chi connectivity index (χ1v) is 9.87. The number of methoxy groups -OCH3 is 2. The molecule has 0 bridgehead atoms. The molecule has 0 spiro atoms. The zero-order chi connectivity index (χ0) is 21.5. The van der Waals surface area contributed by atoms with Crippen LogP contribution in [0.25, 0.3) is 5.57 Å². The van der Waals surface area contributed by atoms with Crippen molar-refractivity contribution in [3.8, 4) is 11.5 Å². The number of nitrogens with one attached hydrogen (secondary N) is 1. The van der Waals surface area contributed by atoms with Gasteiger partial charge in [0, 0.05) is 17.7 Å². The molecule has 154 valence electrons. The first kappa shape index (κ1) is 23.2. The molecule has 1 aromatic carbocycles. The number of nitrogens with zero attached hydrogens (tertiary/aromatic N) is 1. The maximum absolute atomic E-state index is 9.44. The van der Waals surface area contributed by atoms with Crippen LogP contribution in [0.5, 0.6) is 11.5 Å². The maximum Gasteiger partial charge on any atom is 0.388 e. The summed E-state index contributed by atoms with van der Waals surface area (Å²) in [4.78, 5) is 6.88. The molecule has 0 aliphatic heterocycles. The maximum atomic E-state index is 9.44. The van der Waals surface area contributed by atoms with Crippen molar-refractivity contribution in [3.63, 3.8) is 0 Å². The monoisotopic (exact) mass is 410 g/mol. The summed E-state index contributed by atoms with van der Waals surface area (Å²) in [5.74, 6) is 1.81. The summed E-state index contributed by atoms with van der Waals surface area (Å²) in [5.41, 5.74) is 15.1. The Kier molecular flexibility index (Phi) is 8.20. The first-order chi connectivity index (χ1) is 13.0. The topological polar surface area (TPSA) is 155 Å². The highest BCUT2D eigenvalue weighted by atomic mass is 32.2. The molecule has 0 saturated heterocycles. The van der Waals surface area contributed by atoms with Gasteiger partial charge >= 0.3 is 5.95 Å². The Bertz CT molecular complexity index is 920. The van der Waals surface area contributed by atoms with Crippen molar-refractivity contribution in [1.29, 1.82) is 0 Å². The highest BCUT2D eigenvalue weighted by Gasteiger charge is 2.15. The number of ether oxygens (including phenoxy) is 2. The van der Waals surface area contributed by atoms with Gasteiger partial charge in [-0.25, -0.2) is 13.4 Å². The van der Waals surface area contributed by atoms with Crippen molar-refractivity contribution in [1.82, 2.24) is 4.98 Å². The van der Waals surface area contributed by atoms with Crippen molar-refractivity contribution in [2.45, 2.75) is 20.3 Å². The summed E-state index contributed by atoms with van der Waals surface area (Å²) < 4.78 is 39.3. The second-order valence-electron chi connectivity index (χ2n) is 5.87. The van der Waals surface area contributed by atoms with Crippen LogP contribution in [-0.2, 0) is 16.5 Å². The van der Waals surface area contributed by atoms with E-state index in [4.69, 9.17) is 20.9 Å². The fourth-order valence-corrected chi connectivity index (χ4v) is 2.32. The Morgan fingerprint density at radius 3 is 2.11 bits per heavy atom. The molecule has 9 nitrogen and oxygen atoms in total. The molecule has 5 N–H and O–H groups in total. The highest BCUT2D eigenvalue weighted by molar-refractivity contribution is 7.85. The molecule has 0 fully saturated rings. The number of benzene rings is 1. The number of H-pyrrole nitrogens is 1. The van der Waals surface area contributed by atoms with Gasteiger partial charge in [0.1, 0.15) is 11.5 Å². The quantitative estimate of drug-likeness (QED) is 0.674. The van der Waals surface area contributed by atoms with Crippen LogP contribution < -0.4 is 25.9 Å². The van der Waals surface area contributed by atoms with Gasteiger partial charge in [0.25, 0.3) is 0 Å². The molecule has 0 aliphatic carbocycles. The van der Waals surface area contributed by atoms with E-state index in [1.165, 1.54) is 6.92 Å². The van der Waals surface area contributed by atoms with Gasteiger partial charge in [-0.3, -0.25) is 5.73 Å². The average molecular weight is 410 g/mol. The zero-order valence-electron chi connectivity index (χ0n) is 16.4. The largest absolute Gasteiger partial charge is 0.748 e. The van der Waals surface area contributed by atoms with Crippen LogP contribution in [0.4, 0.5) is 11.8 Å². The SMILES string of the molecule is C=C(C)c1c(OC)cc(Cc2c[nH+]c(N)nc2N)cc1OC.CCS(=O)(=O)[O-]. The Morgan fingerprint density at radius 2 is 1.75 bits per heavy atom. The van der Waals surface area contributed by atoms with E-state index >= 15 is 0 Å². The minimum Gasteiger partial charge on any atom is -0.748 e. The van der Waals surface area contributed by atoms with Crippen molar-refractivity contribution in [3.05, 3.63) is 41.6 Å². The standard InChI is InChI=1S/C16H20N4O2.C2H6O3S/c1-9(2)14-12(21-3)6-10(7-13(14)22-4)5-11-8-19-16(18)20-15(11)17;1-2-6(3,4)5/h6-8H,1,5H2,2-4H3,(H4,17,18,19,20);2H2,1H3,(H,3,4,5). The van der Waals surface area contributed by atoms with Crippen LogP contribution in [-0.4, -0.2) is 37.9 Å². The van der Waals surface area contributed by atoms with Gasteiger partial charge < -0.3 is 19.8 Å². The molecule has 10 heteroatoms. The molecular weight excluding hydrogens is 384 g/mol. The molecule has 0 atom stereocenters. The van der Waals surface area contributed by atoms with E-state index in [2.05, 4.69) is 16.5 Å². The van der Waals surface area contributed by atoms with Gasteiger partial charge in [-0.05, 0) is 30.2 Å². The lowest BCUT2D eigenvalue weighted by molar-refractivity contribution is -0.364. The van der Waals surface area contributed by atoms with Crippen LogP contribution in [0.3, 0.4) is 0 Å². The molecule has 0 saturated carbocycles. The highest BCUT2D eigenvalue weighted by Crippen LogP contribution is 2.36. The third-order valence-electron chi connectivity index (χ3n) is 3.70. The third kappa shape index (κ3) is 6.71. The summed E-state index contributed by atoms with van der Waals surface area (Å²) in [6, 6.07) is 3.89. The number of aromatic nitrogens is 2. The smallest absolute Gasteiger partial charge is 0.388 e. The summed E-state index contributed by atoms with van der Waals surface area (Å²) in [5, 5.41) is 0. The molecule has 0 radical (unpaired) electrons. The summed E-state index contributed by atoms with van der Waals surface area (Å²) >= 11 is 0. The Labute approximate surface area is 165 Å². The van der Waals surface area contributed by atoms with E-state index < -0.39 is 10.1 Å². The van der Waals surface area contributed by atoms with E-state index in [-0.39, 0.29) is 11.7 Å². The number of hydrogen-bond donors (Lipinski definition) is 2. The molecular formula is C18H26N4O5S. The number of rotatable bonds is 6. The number of allylic oxidation sites excluding steroid dienone is 1. The number of nitrogens with two attached hydrogens (primary N) is 2. The lowest BCUT2D eigenvalue weighted by Gasteiger charge is -2.15. The van der Waals surface area contributed by atoms with E-state index in [1.807, 2.05) is 19.1 Å². The molecule has 1 aromatic heterocycles. The van der Waals surface area contributed by atoms with E-state index in [9.17, 15) is 13.0 Å². The van der Waals surface area contributed by atoms with E-state index in [0.29, 0.717) is 23.7 Å². The predicted molar refractivity (Wildman–Crippen MR) is 107 cm³/mol. The van der Waals surface area contributed by atoms with Crippen molar-refractivity contribution < 1.29 is 27.4 Å². The predicted octanol–water partition coefficient (Wildman–Crippen LogP) is 1.25. The van der Waals surface area contributed by atoms with E-state index in [0.717, 1.165) is 22.3 Å². The number of hydrogen-bond acceptors (Lipinski definition) is 8. The molecule has 2 rings (SSSR count). The van der Waals surface area contributed by atoms with Crippen LogP contribution >= 0.6 is 0 Å². The molecule has 0 aliphatic rings. The fourth-order valence-electron chi connectivity index (χ4n) is 2.32. The first-order valence-electron chi connectivity index (χ1n) is 8.29. The van der Waals surface area contributed by atoms with Gasteiger partial charge in [0.05, 0.1) is 36.1 Å². The molecule has 28 heavy (non-hydrogen) atoms. The fraction of sp³-hybridized carbons (Fsp3) is 0.333. The van der Waals surface area contributed by atoms with Crippen molar-refractivity contribution >= 4 is 27.5 Å². The van der Waals surface area contributed by atoms with Crippen LogP contribution in [0.15, 0.2) is 24.9 Å². The molecule has 1 heterocycles. The van der Waals surface area contributed by atoms with Crippen LogP contribution in [0.1, 0.15) is 30.5 Å². The average Bonchev–Trinajstić information content (AvgIpc) is 2.62. The summed E-state index contributed by atoms with van der Waals surface area (Å²) in [6.45, 7) is 7.19. The van der Waals surface area contributed by atoms with Gasteiger partial charge in [0.15, 0.2) is 0 Å². The molecule has 2 aromatic rings. The van der Waals surface area contributed by atoms with Gasteiger partial charge in [0.2, 0.25) is 5.82 Å². The van der Waals surface area contributed by atoms with Crippen LogP contribution in [0.2, 0.25) is 0 Å². The van der Waals surface area contributed by atoms with Gasteiger partial charge in [-0.15, -0.1) is 0 Å². The molecule has 0 unspecified atom stereocenters. The zero-order valence-corrected chi connectivity index (χ0v) is 17.2. The molecule has 0 amide bonds. The number of nitrogen functional groups attached to an aromatic ring is 2. The summed E-state index contributed by atoms with van der Waals surface area (Å²) in [6.07, 6.45) is 2.34. The number of anilines is 2. The lowest BCUT2D eigenvalue weighted by Crippen LogP contribution is -2.16. The second-order valence-corrected chi connectivity index (χ2v) is 7.57. The summed E-state index contributed by atoms with van der Waals surface area (Å²) in [7, 11) is -0.666. The third-order valence-corrected chi connectivity index (χ3v) is 4.41. The van der Waals surface area contributed by atoms with Gasteiger partial charge in [-0.2, -0.15) is 0 Å². The van der Waals surface area contributed by atoms with Gasteiger partial charge in [-0.1, -0.05) is 18.5 Å². The lowest BCUT2D eigenvalue weighted by atomic mass is 10.00. The Morgan fingerprint density at radius 1 is 1.25 bits per heavy atom. The van der Waals surface area contributed by atoms with Crippen LogP contribution in [0, 0.1) is 0 Å². The Balaban J connectivity index is 0.000000568. The Hall–Kier alpha value is -2.85. The number of aromatic amines is 1. The van der Waals surface area contributed by atoms with Crippen molar-refractivity contribution in [2.75, 3.05) is 31.4 Å². The normalized spacial score (nSPS) is 10.6.